The quantitative estimate of drug-likeness (QED) is 0.188. The Hall–Kier alpha value is -6.44. The summed E-state index contributed by atoms with van der Waals surface area (Å²) >= 11 is 0. The topological polar surface area (TPSA) is 35.6 Å². The average Bonchev–Trinajstić information content (AvgIpc) is 3.63. The maximum absolute atomic E-state index is 6.44. The molecule has 0 aliphatic carbocycles. The number of terminal acetylenes is 1. The normalized spacial score (nSPS) is 11.5. The second-order valence-electron chi connectivity index (χ2n) is 11.8. The van der Waals surface area contributed by atoms with E-state index in [1.807, 2.05) is 24.3 Å². The van der Waals surface area contributed by atoms with E-state index >= 15 is 0 Å². The predicted molar refractivity (Wildman–Crippen MR) is 194 cm³/mol. The van der Waals surface area contributed by atoms with E-state index in [0.29, 0.717) is 5.95 Å². The highest BCUT2D eigenvalue weighted by Gasteiger charge is 2.28. The van der Waals surface area contributed by atoms with Gasteiger partial charge in [0.05, 0.1) is 39.2 Å². The van der Waals surface area contributed by atoms with Gasteiger partial charge >= 0.3 is 0 Å². The van der Waals surface area contributed by atoms with E-state index in [9.17, 15) is 0 Å². The molecule has 4 heteroatoms. The van der Waals surface area contributed by atoms with Crippen LogP contribution >= 0.6 is 0 Å². The molecule has 0 saturated heterocycles. The second kappa shape index (κ2) is 10.6. The lowest BCUT2D eigenvalue weighted by Crippen LogP contribution is -2.08. The Bertz CT molecular complexity index is 2690. The van der Waals surface area contributed by atoms with Crippen LogP contribution in [-0.4, -0.2) is 19.1 Å². The van der Waals surface area contributed by atoms with Crippen LogP contribution in [0, 0.1) is 19.3 Å². The number of aromatic nitrogens is 4. The van der Waals surface area contributed by atoms with Gasteiger partial charge in [-0.05, 0) is 53.6 Å². The Morgan fingerprint density at radius 2 is 1.21 bits per heavy atom. The molecule has 0 amide bonds. The summed E-state index contributed by atoms with van der Waals surface area (Å²) in [4.78, 5) is 10.6. The van der Waals surface area contributed by atoms with Crippen LogP contribution in [0.25, 0.3) is 77.8 Å². The molecule has 0 fully saturated rings. The summed E-state index contributed by atoms with van der Waals surface area (Å²) in [5.74, 6) is 3.70. The van der Waals surface area contributed by atoms with Crippen LogP contribution < -0.4 is 0 Å². The van der Waals surface area contributed by atoms with Gasteiger partial charge in [-0.25, -0.2) is 9.97 Å². The molecule has 0 spiro atoms. The first kappa shape index (κ1) is 26.9. The van der Waals surface area contributed by atoms with Crippen molar-refractivity contribution in [1.29, 1.82) is 0 Å². The fourth-order valence-electron chi connectivity index (χ4n) is 7.17. The number of hydrogen-bond donors (Lipinski definition) is 0. The standard InChI is InChI=1S/C43H28N4/c1-3-32-34-22-13-15-25-37(34)46(31-19-8-5-9-20-31)42(32)41-28(2)39-33-21-11-10-16-29(33)26-27-38(39)47(41)43-44-36-24-14-12-23-35(36)40(45-43)30-17-6-4-7-18-30/h1,4-27H,2H3. The Morgan fingerprint density at radius 3 is 2.00 bits per heavy atom. The van der Waals surface area contributed by atoms with E-state index in [4.69, 9.17) is 16.4 Å². The first-order chi connectivity index (χ1) is 23.2. The number of aryl methyl sites for hydroxylation is 1. The number of nitrogens with zero attached hydrogens (tertiary/aromatic N) is 4. The summed E-state index contributed by atoms with van der Waals surface area (Å²) in [6, 6.07) is 50.3. The molecule has 4 nitrogen and oxygen atoms in total. The number of rotatable bonds is 4. The summed E-state index contributed by atoms with van der Waals surface area (Å²) in [5, 5.41) is 5.54. The van der Waals surface area contributed by atoms with Gasteiger partial charge in [0.15, 0.2) is 0 Å². The molecule has 0 saturated carbocycles. The Kier molecular flexibility index (Phi) is 6.06. The molecule has 220 valence electrons. The third kappa shape index (κ3) is 4.04. The Balaban J connectivity index is 1.50. The zero-order valence-corrected chi connectivity index (χ0v) is 25.7. The summed E-state index contributed by atoms with van der Waals surface area (Å²) in [5.41, 5.74) is 9.78. The number of para-hydroxylation sites is 3. The second-order valence-corrected chi connectivity index (χ2v) is 11.8. The van der Waals surface area contributed by atoms with Gasteiger partial charge in [-0.15, -0.1) is 6.42 Å². The highest BCUT2D eigenvalue weighted by molar-refractivity contribution is 6.12. The minimum atomic E-state index is 0.596. The Morgan fingerprint density at radius 1 is 0.553 bits per heavy atom. The van der Waals surface area contributed by atoms with Gasteiger partial charge in [-0.3, -0.25) is 4.57 Å². The predicted octanol–water partition coefficient (Wildman–Crippen LogP) is 10.3. The van der Waals surface area contributed by atoms with E-state index < -0.39 is 0 Å². The largest absolute Gasteiger partial charge is 0.307 e. The van der Waals surface area contributed by atoms with Gasteiger partial charge in [0.25, 0.3) is 0 Å². The molecule has 0 aliphatic rings. The zero-order chi connectivity index (χ0) is 31.5. The SMILES string of the molecule is C#Cc1c(-c2c(C)c3c4ccccc4ccc3n2-c2nc(-c3ccccc3)c3ccccc3n2)n(-c2ccccc2)c2ccccc12. The maximum atomic E-state index is 6.44. The molecule has 0 unspecified atom stereocenters. The lowest BCUT2D eigenvalue weighted by Gasteiger charge is -2.17. The molecular formula is C43H28N4. The van der Waals surface area contributed by atoms with Crippen LogP contribution in [0.2, 0.25) is 0 Å². The third-order valence-electron chi connectivity index (χ3n) is 9.20. The van der Waals surface area contributed by atoms with Crippen molar-refractivity contribution in [1.82, 2.24) is 19.1 Å². The molecule has 0 bridgehead atoms. The molecular weight excluding hydrogens is 573 g/mol. The average molecular weight is 601 g/mol. The molecule has 0 radical (unpaired) electrons. The molecule has 3 aromatic heterocycles. The van der Waals surface area contributed by atoms with Crippen LogP contribution in [0.1, 0.15) is 11.1 Å². The van der Waals surface area contributed by atoms with Crippen LogP contribution in [0.5, 0.6) is 0 Å². The number of hydrogen-bond acceptors (Lipinski definition) is 2. The van der Waals surface area contributed by atoms with Gasteiger partial charge in [0.1, 0.15) is 0 Å². The lowest BCUT2D eigenvalue weighted by molar-refractivity contribution is 0.972. The maximum Gasteiger partial charge on any atom is 0.235 e. The van der Waals surface area contributed by atoms with Crippen molar-refractivity contribution < 1.29 is 0 Å². The van der Waals surface area contributed by atoms with E-state index in [2.05, 4.69) is 143 Å². The number of benzene rings is 6. The first-order valence-electron chi connectivity index (χ1n) is 15.7. The van der Waals surface area contributed by atoms with Crippen LogP contribution in [-0.2, 0) is 0 Å². The minimum absolute atomic E-state index is 0.596. The smallest absolute Gasteiger partial charge is 0.235 e. The molecule has 0 N–H and O–H groups in total. The van der Waals surface area contributed by atoms with Crippen molar-refractivity contribution in [2.75, 3.05) is 0 Å². The van der Waals surface area contributed by atoms with Crippen LogP contribution in [0.4, 0.5) is 0 Å². The van der Waals surface area contributed by atoms with E-state index in [1.165, 1.54) is 10.8 Å². The lowest BCUT2D eigenvalue weighted by atomic mass is 10.0. The van der Waals surface area contributed by atoms with Gasteiger partial charge in [-0.1, -0.05) is 121 Å². The molecule has 3 heterocycles. The highest BCUT2D eigenvalue weighted by atomic mass is 15.2. The Labute approximate surface area is 272 Å². The van der Waals surface area contributed by atoms with Crippen molar-refractivity contribution in [3.8, 4) is 46.6 Å². The van der Waals surface area contributed by atoms with E-state index in [-0.39, 0.29) is 0 Å². The van der Waals surface area contributed by atoms with Gasteiger partial charge < -0.3 is 4.57 Å². The van der Waals surface area contributed by atoms with Crippen LogP contribution in [0.3, 0.4) is 0 Å². The minimum Gasteiger partial charge on any atom is -0.307 e. The fourth-order valence-corrected chi connectivity index (χ4v) is 7.17. The van der Waals surface area contributed by atoms with Gasteiger partial charge in [-0.2, -0.15) is 0 Å². The molecule has 47 heavy (non-hydrogen) atoms. The summed E-state index contributed by atoms with van der Waals surface area (Å²) in [6.45, 7) is 2.20. The summed E-state index contributed by atoms with van der Waals surface area (Å²) in [6.07, 6.45) is 6.44. The van der Waals surface area contributed by atoms with Gasteiger partial charge in [0, 0.05) is 27.4 Å². The highest BCUT2D eigenvalue weighted by Crippen LogP contribution is 2.44. The van der Waals surface area contributed by atoms with Gasteiger partial charge in [0.2, 0.25) is 5.95 Å². The van der Waals surface area contributed by atoms with Crippen molar-refractivity contribution >= 4 is 43.5 Å². The molecule has 9 aromatic rings. The van der Waals surface area contributed by atoms with Crippen molar-refractivity contribution in [2.24, 2.45) is 0 Å². The summed E-state index contributed by atoms with van der Waals surface area (Å²) < 4.78 is 4.52. The summed E-state index contributed by atoms with van der Waals surface area (Å²) in [7, 11) is 0. The first-order valence-corrected chi connectivity index (χ1v) is 15.7. The van der Waals surface area contributed by atoms with Crippen molar-refractivity contribution in [2.45, 2.75) is 6.92 Å². The van der Waals surface area contributed by atoms with Crippen molar-refractivity contribution in [3.05, 3.63) is 157 Å². The molecule has 6 aromatic carbocycles. The van der Waals surface area contributed by atoms with Crippen molar-refractivity contribution in [3.63, 3.8) is 0 Å². The zero-order valence-electron chi connectivity index (χ0n) is 25.7. The third-order valence-corrected chi connectivity index (χ3v) is 9.20. The monoisotopic (exact) mass is 600 g/mol. The van der Waals surface area contributed by atoms with E-state index in [0.717, 1.165) is 72.2 Å². The van der Waals surface area contributed by atoms with E-state index in [1.54, 1.807) is 0 Å². The molecule has 0 atom stereocenters. The number of fused-ring (bicyclic) bond motifs is 5. The fraction of sp³-hybridized carbons (Fsp3) is 0.0233. The van der Waals surface area contributed by atoms with Crippen LogP contribution in [0.15, 0.2) is 146 Å². The molecule has 9 rings (SSSR count). The molecule has 0 aliphatic heterocycles.